The van der Waals surface area contributed by atoms with Gasteiger partial charge in [0.2, 0.25) is 5.88 Å². The van der Waals surface area contributed by atoms with E-state index in [4.69, 9.17) is 0 Å². The summed E-state index contributed by atoms with van der Waals surface area (Å²) in [7, 11) is 0. The zero-order valence-corrected chi connectivity index (χ0v) is 10.1. The molecule has 4 heteroatoms. The van der Waals surface area contributed by atoms with E-state index in [1.54, 1.807) is 0 Å². The number of H-pyrrole nitrogens is 2. The first-order valence-corrected chi connectivity index (χ1v) is 5.91. The monoisotopic (exact) mass is 252 g/mol. The topological polar surface area (TPSA) is 68.9 Å². The highest BCUT2D eigenvalue weighted by molar-refractivity contribution is 5.70. The molecule has 0 atom stereocenters. The average Bonchev–Trinajstić information content (AvgIpc) is 2.79. The Bertz CT molecular complexity index is 740. The molecule has 0 saturated carbocycles. The zero-order chi connectivity index (χ0) is 13.2. The van der Waals surface area contributed by atoms with Gasteiger partial charge in [0.25, 0.3) is 0 Å². The molecule has 0 saturated heterocycles. The van der Waals surface area contributed by atoms with Gasteiger partial charge >= 0.3 is 5.69 Å². The van der Waals surface area contributed by atoms with Crippen molar-refractivity contribution >= 4 is 0 Å². The van der Waals surface area contributed by atoms with Crippen molar-refractivity contribution in [1.29, 1.82) is 0 Å². The molecule has 3 rings (SSSR count). The van der Waals surface area contributed by atoms with Crippen LogP contribution in [-0.2, 0) is 0 Å². The second-order valence-corrected chi connectivity index (χ2v) is 4.25. The summed E-state index contributed by atoms with van der Waals surface area (Å²) in [6.45, 7) is 0. The van der Waals surface area contributed by atoms with Crippen molar-refractivity contribution in [3.05, 3.63) is 65.1 Å². The van der Waals surface area contributed by atoms with Gasteiger partial charge in [-0.15, -0.1) is 0 Å². The van der Waals surface area contributed by atoms with E-state index in [9.17, 15) is 9.90 Å². The minimum atomic E-state index is -0.417. The van der Waals surface area contributed by atoms with Crippen LogP contribution in [0.15, 0.2) is 59.4 Å². The lowest BCUT2D eigenvalue weighted by atomic mass is 10.0. The first-order valence-electron chi connectivity index (χ1n) is 5.91. The molecule has 3 N–H and O–H groups in total. The molecule has 3 aromatic rings. The molecule has 0 fully saturated rings. The third-order valence-corrected chi connectivity index (χ3v) is 2.99. The van der Waals surface area contributed by atoms with Gasteiger partial charge in [-0.05, 0) is 11.1 Å². The number of aromatic nitrogens is 2. The van der Waals surface area contributed by atoms with E-state index in [0.29, 0.717) is 5.69 Å². The minimum Gasteiger partial charge on any atom is -0.493 e. The summed E-state index contributed by atoms with van der Waals surface area (Å²) < 4.78 is 0. The Morgan fingerprint density at radius 3 is 1.89 bits per heavy atom. The van der Waals surface area contributed by atoms with Crippen molar-refractivity contribution in [3.8, 4) is 28.3 Å². The maximum absolute atomic E-state index is 11.1. The average molecular weight is 252 g/mol. The summed E-state index contributed by atoms with van der Waals surface area (Å²) in [4.78, 5) is 16.0. The molecule has 0 amide bonds. The molecule has 0 radical (unpaired) electrons. The van der Waals surface area contributed by atoms with Gasteiger partial charge < -0.3 is 10.1 Å². The highest BCUT2D eigenvalue weighted by Gasteiger charge is 2.08. The fourth-order valence-corrected chi connectivity index (χ4v) is 2.04. The molecular formula is C15H12N2O2. The van der Waals surface area contributed by atoms with Crippen molar-refractivity contribution in [2.75, 3.05) is 0 Å². The normalized spacial score (nSPS) is 10.5. The van der Waals surface area contributed by atoms with Crippen molar-refractivity contribution < 1.29 is 5.11 Å². The van der Waals surface area contributed by atoms with E-state index in [1.165, 1.54) is 0 Å². The first-order chi connectivity index (χ1) is 9.24. The van der Waals surface area contributed by atoms with Crippen molar-refractivity contribution in [1.82, 2.24) is 9.97 Å². The van der Waals surface area contributed by atoms with Gasteiger partial charge in [-0.3, -0.25) is 4.98 Å². The van der Waals surface area contributed by atoms with Gasteiger partial charge in [0.1, 0.15) is 5.69 Å². The smallest absolute Gasteiger partial charge is 0.326 e. The summed E-state index contributed by atoms with van der Waals surface area (Å²) in [5, 5.41) is 9.58. The number of hydrogen-bond acceptors (Lipinski definition) is 2. The lowest BCUT2D eigenvalue weighted by Crippen LogP contribution is -1.99. The van der Waals surface area contributed by atoms with Gasteiger partial charge in [0, 0.05) is 5.56 Å². The highest BCUT2D eigenvalue weighted by Crippen LogP contribution is 2.26. The predicted octanol–water partition coefficient (Wildman–Crippen LogP) is 2.74. The van der Waals surface area contributed by atoms with Crippen LogP contribution in [0, 0.1) is 0 Å². The quantitative estimate of drug-likeness (QED) is 0.656. The van der Waals surface area contributed by atoms with Gasteiger partial charge in [-0.2, -0.15) is 0 Å². The number of nitrogens with one attached hydrogen (secondary N) is 2. The minimum absolute atomic E-state index is 0.141. The van der Waals surface area contributed by atoms with Crippen LogP contribution in [0.4, 0.5) is 0 Å². The molecule has 0 unspecified atom stereocenters. The molecule has 0 spiro atoms. The molecule has 0 aliphatic heterocycles. The fourth-order valence-electron chi connectivity index (χ4n) is 2.04. The first kappa shape index (κ1) is 11.3. The van der Waals surface area contributed by atoms with E-state index in [-0.39, 0.29) is 5.88 Å². The highest BCUT2D eigenvalue weighted by atomic mass is 16.3. The summed E-state index contributed by atoms with van der Waals surface area (Å²) in [5.41, 5.74) is 2.96. The molecule has 0 bridgehead atoms. The Labute approximate surface area is 109 Å². The number of rotatable bonds is 2. The predicted molar refractivity (Wildman–Crippen MR) is 74.0 cm³/mol. The Balaban J connectivity index is 2.00. The van der Waals surface area contributed by atoms with Crippen LogP contribution in [0.5, 0.6) is 5.88 Å². The van der Waals surface area contributed by atoms with E-state index >= 15 is 0 Å². The van der Waals surface area contributed by atoms with E-state index in [0.717, 1.165) is 16.7 Å². The van der Waals surface area contributed by atoms with Gasteiger partial charge in [0.15, 0.2) is 0 Å². The fraction of sp³-hybridized carbons (Fsp3) is 0. The maximum atomic E-state index is 11.1. The van der Waals surface area contributed by atoms with Crippen LogP contribution in [-0.4, -0.2) is 15.1 Å². The van der Waals surface area contributed by atoms with Gasteiger partial charge in [-0.1, -0.05) is 54.6 Å². The van der Waals surface area contributed by atoms with Crippen LogP contribution in [0.25, 0.3) is 22.4 Å². The summed E-state index contributed by atoms with van der Waals surface area (Å²) in [5.74, 6) is -0.141. The Kier molecular flexibility index (Phi) is 2.68. The molecule has 4 nitrogen and oxygen atoms in total. The van der Waals surface area contributed by atoms with Crippen LogP contribution < -0.4 is 5.69 Å². The molecular weight excluding hydrogens is 240 g/mol. The lowest BCUT2D eigenvalue weighted by molar-refractivity contribution is 0.457. The molecule has 0 aliphatic carbocycles. The third-order valence-electron chi connectivity index (χ3n) is 2.99. The SMILES string of the molecule is O=c1[nH]c(O)c(-c2ccc(-c3ccccc3)cc2)[nH]1. The molecule has 1 aromatic heterocycles. The second-order valence-electron chi connectivity index (χ2n) is 4.25. The largest absolute Gasteiger partial charge is 0.493 e. The molecule has 2 aromatic carbocycles. The summed E-state index contributed by atoms with van der Waals surface area (Å²) >= 11 is 0. The van der Waals surface area contributed by atoms with Crippen molar-refractivity contribution in [3.63, 3.8) is 0 Å². The Morgan fingerprint density at radius 1 is 0.737 bits per heavy atom. The Hall–Kier alpha value is -2.75. The standard InChI is InChI=1S/C15H12N2O2/c18-14-13(16-15(19)17-14)12-8-6-11(7-9-12)10-4-2-1-3-5-10/h1-9,18H,(H2,16,17,19). The molecule has 0 aliphatic rings. The van der Waals surface area contributed by atoms with Gasteiger partial charge in [0.05, 0.1) is 0 Å². The van der Waals surface area contributed by atoms with E-state index in [1.807, 2.05) is 54.6 Å². The van der Waals surface area contributed by atoms with Crippen molar-refractivity contribution in [2.45, 2.75) is 0 Å². The number of aromatic amines is 2. The second kappa shape index (κ2) is 4.49. The summed E-state index contributed by atoms with van der Waals surface area (Å²) in [6.07, 6.45) is 0. The van der Waals surface area contributed by atoms with E-state index < -0.39 is 5.69 Å². The lowest BCUT2D eigenvalue weighted by Gasteiger charge is -2.03. The number of benzene rings is 2. The van der Waals surface area contributed by atoms with Crippen LogP contribution in [0.3, 0.4) is 0 Å². The Morgan fingerprint density at radius 2 is 1.32 bits per heavy atom. The molecule has 94 valence electrons. The van der Waals surface area contributed by atoms with Crippen LogP contribution in [0.1, 0.15) is 0 Å². The van der Waals surface area contributed by atoms with Gasteiger partial charge in [-0.25, -0.2) is 4.79 Å². The number of hydrogen-bond donors (Lipinski definition) is 3. The molecule has 1 heterocycles. The zero-order valence-electron chi connectivity index (χ0n) is 10.1. The van der Waals surface area contributed by atoms with E-state index in [2.05, 4.69) is 9.97 Å². The van der Waals surface area contributed by atoms with Crippen LogP contribution >= 0.6 is 0 Å². The maximum Gasteiger partial charge on any atom is 0.326 e. The third kappa shape index (κ3) is 2.15. The van der Waals surface area contributed by atoms with Crippen molar-refractivity contribution in [2.24, 2.45) is 0 Å². The molecule has 19 heavy (non-hydrogen) atoms. The number of imidazole rings is 1. The van der Waals surface area contributed by atoms with Crippen LogP contribution in [0.2, 0.25) is 0 Å². The summed E-state index contributed by atoms with van der Waals surface area (Å²) in [6, 6.07) is 17.6. The number of aromatic hydroxyl groups is 1.